The van der Waals surface area contributed by atoms with Crippen LogP contribution in [-0.4, -0.2) is 65.2 Å². The Kier molecular flexibility index (Phi) is 11.4. The molecule has 0 saturated heterocycles. The van der Waals surface area contributed by atoms with Crippen LogP contribution in [0.15, 0.2) is 24.4 Å². The average Bonchev–Trinajstić information content (AvgIpc) is 3.20. The van der Waals surface area contributed by atoms with Crippen LogP contribution in [0.1, 0.15) is 70.6 Å². The van der Waals surface area contributed by atoms with Crippen LogP contribution < -0.4 is 15.5 Å². The molecule has 40 heavy (non-hydrogen) atoms. The van der Waals surface area contributed by atoms with Gasteiger partial charge in [0.25, 0.3) is 11.8 Å². The Labute approximate surface area is 231 Å². The van der Waals surface area contributed by atoms with Crippen LogP contribution in [0.5, 0.6) is 0 Å². The Morgan fingerprint density at radius 1 is 1.02 bits per heavy atom. The fourth-order valence-corrected chi connectivity index (χ4v) is 3.82. The second kappa shape index (κ2) is 14.5. The molecule has 0 unspecified atom stereocenters. The lowest BCUT2D eigenvalue weighted by Gasteiger charge is -2.25. The Hall–Kier alpha value is -4.68. The van der Waals surface area contributed by atoms with Crippen LogP contribution in [0.2, 0.25) is 0 Å². The van der Waals surface area contributed by atoms with Gasteiger partial charge in [0.05, 0.1) is 29.8 Å². The first kappa shape index (κ1) is 31.5. The maximum absolute atomic E-state index is 13.4. The molecule has 0 aliphatic carbocycles. The number of aromatic nitrogens is 1. The van der Waals surface area contributed by atoms with E-state index < -0.39 is 37.7 Å². The van der Waals surface area contributed by atoms with E-state index in [1.165, 1.54) is 10.6 Å². The zero-order chi connectivity index (χ0) is 30.0. The van der Waals surface area contributed by atoms with E-state index in [-0.39, 0.29) is 34.6 Å². The Morgan fingerprint density at radius 2 is 1.73 bits per heavy atom. The van der Waals surface area contributed by atoms with Crippen molar-refractivity contribution in [1.82, 2.24) is 15.2 Å². The predicted octanol–water partition coefficient (Wildman–Crippen LogP) is 2.87. The van der Waals surface area contributed by atoms with Gasteiger partial charge in [-0.1, -0.05) is 13.0 Å². The largest absolute Gasteiger partial charge is 0.481 e. The lowest BCUT2D eigenvalue weighted by Crippen LogP contribution is -2.40. The molecule has 4 N–H and O–H groups in total. The number of aliphatic carboxylic acids is 1. The van der Waals surface area contributed by atoms with Crippen molar-refractivity contribution >= 4 is 41.4 Å². The second-order valence-electron chi connectivity index (χ2n) is 8.87. The number of carbonyl (C=O) groups excluding carboxylic acids is 4. The van der Waals surface area contributed by atoms with Crippen molar-refractivity contribution < 1.29 is 38.6 Å². The zero-order valence-electron chi connectivity index (χ0n) is 23.3. The van der Waals surface area contributed by atoms with Crippen LogP contribution in [-0.2, 0) is 26.1 Å². The van der Waals surface area contributed by atoms with Gasteiger partial charge in [0, 0.05) is 31.9 Å². The number of amidine groups is 1. The minimum atomic E-state index is -1.18. The van der Waals surface area contributed by atoms with Gasteiger partial charge in [0.15, 0.2) is 5.84 Å². The number of carboxylic acid groups (broad SMARTS) is 1. The first-order chi connectivity index (χ1) is 18.9. The van der Waals surface area contributed by atoms with Crippen molar-refractivity contribution in [1.29, 1.82) is 5.41 Å². The van der Waals surface area contributed by atoms with Crippen molar-refractivity contribution in [3.63, 3.8) is 0 Å². The lowest BCUT2D eigenvalue weighted by molar-refractivity contribution is -0.154. The van der Waals surface area contributed by atoms with Crippen LogP contribution in [0.25, 0.3) is 0 Å². The summed E-state index contributed by atoms with van der Waals surface area (Å²) in [5.41, 5.74) is 1.92. The quantitative estimate of drug-likeness (QED) is 0.133. The topological polar surface area (TPSA) is 180 Å². The summed E-state index contributed by atoms with van der Waals surface area (Å²) in [4.78, 5) is 61.9. The van der Waals surface area contributed by atoms with E-state index >= 15 is 0 Å². The standard InChI is InChI=1S/C27H35N5O8/c1-6-12-30-25(36)18-9-8-16(3)20(13-18)32(27(38)40-15-39-22(35)11-10-21(33)34)24(28)23-17(4)19(14-31(23)5)26(37)29-7-2/h8-9,13-14,28H,6-7,10-12,15H2,1-5H3,(H,29,37)(H,30,36)(H,33,34). The number of aryl methyl sites for hydroxylation is 2. The molecule has 0 bridgehead atoms. The summed E-state index contributed by atoms with van der Waals surface area (Å²) in [7, 11) is 1.62. The molecule has 13 nitrogen and oxygen atoms in total. The summed E-state index contributed by atoms with van der Waals surface area (Å²) in [6.45, 7) is 7.03. The van der Waals surface area contributed by atoms with Crippen LogP contribution in [0, 0.1) is 19.3 Å². The zero-order valence-corrected chi connectivity index (χ0v) is 23.3. The van der Waals surface area contributed by atoms with Gasteiger partial charge in [0.1, 0.15) is 0 Å². The monoisotopic (exact) mass is 557 g/mol. The first-order valence-corrected chi connectivity index (χ1v) is 12.7. The summed E-state index contributed by atoms with van der Waals surface area (Å²) in [6, 6.07) is 4.65. The molecular formula is C27H35N5O8. The van der Waals surface area contributed by atoms with Gasteiger partial charge < -0.3 is 29.8 Å². The predicted molar refractivity (Wildman–Crippen MR) is 146 cm³/mol. The first-order valence-electron chi connectivity index (χ1n) is 12.7. The third kappa shape index (κ3) is 7.91. The van der Waals surface area contributed by atoms with Gasteiger partial charge in [-0.05, 0) is 50.5 Å². The lowest BCUT2D eigenvalue weighted by atomic mass is 10.1. The normalized spacial score (nSPS) is 10.4. The fraction of sp³-hybridized carbons (Fsp3) is 0.407. The maximum Gasteiger partial charge on any atom is 0.423 e. The number of nitrogens with zero attached hydrogens (tertiary/aromatic N) is 2. The number of rotatable bonds is 12. The van der Waals surface area contributed by atoms with Gasteiger partial charge in [-0.15, -0.1) is 0 Å². The van der Waals surface area contributed by atoms with Crippen molar-refractivity contribution in [2.45, 2.75) is 47.0 Å². The highest BCUT2D eigenvalue weighted by Crippen LogP contribution is 2.27. The SMILES string of the molecule is CCCNC(=O)c1ccc(C)c(N(C(=N)c2c(C)c(C(=O)NCC)cn2C)C(=O)OCOC(=O)CCC(=O)O)c1. The summed E-state index contributed by atoms with van der Waals surface area (Å²) in [5, 5.41) is 23.2. The molecule has 0 saturated carbocycles. The van der Waals surface area contributed by atoms with E-state index in [1.54, 1.807) is 46.1 Å². The van der Waals surface area contributed by atoms with Gasteiger partial charge in [-0.25, -0.2) is 9.69 Å². The molecule has 0 radical (unpaired) electrons. The number of ether oxygens (including phenoxy) is 2. The smallest absolute Gasteiger partial charge is 0.423 e. The molecule has 1 heterocycles. The van der Waals surface area contributed by atoms with E-state index in [1.807, 2.05) is 6.92 Å². The van der Waals surface area contributed by atoms with Crippen molar-refractivity contribution in [3.8, 4) is 0 Å². The molecule has 0 aliphatic heterocycles. The highest BCUT2D eigenvalue weighted by molar-refractivity contribution is 6.21. The second-order valence-corrected chi connectivity index (χ2v) is 8.87. The molecule has 2 rings (SSSR count). The third-order valence-corrected chi connectivity index (χ3v) is 5.84. The molecule has 3 amide bonds. The number of benzene rings is 1. The number of hydrogen-bond donors (Lipinski definition) is 4. The molecule has 1 aromatic heterocycles. The number of amides is 3. The third-order valence-electron chi connectivity index (χ3n) is 5.84. The fourth-order valence-electron chi connectivity index (χ4n) is 3.82. The molecule has 0 atom stereocenters. The molecule has 13 heteroatoms. The highest BCUT2D eigenvalue weighted by atomic mass is 16.7. The molecule has 0 aliphatic rings. The van der Waals surface area contributed by atoms with Gasteiger partial charge in [-0.3, -0.25) is 24.6 Å². The van der Waals surface area contributed by atoms with E-state index in [0.29, 0.717) is 29.8 Å². The number of carboxylic acids is 1. The van der Waals surface area contributed by atoms with Gasteiger partial charge >= 0.3 is 18.0 Å². The molecule has 2 aromatic rings. The molecular weight excluding hydrogens is 522 g/mol. The van der Waals surface area contributed by atoms with E-state index in [9.17, 15) is 24.0 Å². The summed E-state index contributed by atoms with van der Waals surface area (Å²) in [5.74, 6) is -3.14. The molecule has 0 fully saturated rings. The Bertz CT molecular complexity index is 1300. The average molecular weight is 558 g/mol. The van der Waals surface area contributed by atoms with Gasteiger partial charge in [-0.2, -0.15) is 0 Å². The van der Waals surface area contributed by atoms with E-state index in [4.69, 9.17) is 20.0 Å². The number of esters is 1. The number of anilines is 1. The van der Waals surface area contributed by atoms with Gasteiger partial charge in [0.2, 0.25) is 6.79 Å². The van der Waals surface area contributed by atoms with Crippen molar-refractivity contribution in [3.05, 3.63) is 52.3 Å². The molecule has 216 valence electrons. The molecule has 0 spiro atoms. The molecule has 1 aromatic carbocycles. The van der Waals surface area contributed by atoms with Crippen LogP contribution >= 0.6 is 0 Å². The number of nitrogens with one attached hydrogen (secondary N) is 3. The van der Waals surface area contributed by atoms with E-state index in [0.717, 1.165) is 11.3 Å². The van der Waals surface area contributed by atoms with Crippen LogP contribution in [0.3, 0.4) is 0 Å². The van der Waals surface area contributed by atoms with E-state index in [2.05, 4.69) is 10.6 Å². The number of carbonyl (C=O) groups is 5. The summed E-state index contributed by atoms with van der Waals surface area (Å²) >= 11 is 0. The minimum Gasteiger partial charge on any atom is -0.481 e. The minimum absolute atomic E-state index is 0.163. The summed E-state index contributed by atoms with van der Waals surface area (Å²) in [6.07, 6.45) is 0.311. The Balaban J connectivity index is 2.49. The summed E-state index contributed by atoms with van der Waals surface area (Å²) < 4.78 is 11.5. The number of hydrogen-bond acceptors (Lipinski definition) is 8. The maximum atomic E-state index is 13.4. The van der Waals surface area contributed by atoms with Crippen LogP contribution in [0.4, 0.5) is 10.5 Å². The Morgan fingerprint density at radius 3 is 2.35 bits per heavy atom. The van der Waals surface area contributed by atoms with Crippen molar-refractivity contribution in [2.24, 2.45) is 7.05 Å². The highest BCUT2D eigenvalue weighted by Gasteiger charge is 2.30. The van der Waals surface area contributed by atoms with Crippen molar-refractivity contribution in [2.75, 3.05) is 24.8 Å².